The summed E-state index contributed by atoms with van der Waals surface area (Å²) in [5.74, 6) is -1.24. The molecule has 1 aromatic heterocycles. The Bertz CT molecular complexity index is 338. The largest absolute Gasteiger partial charge is 0.296 e. The van der Waals surface area contributed by atoms with Gasteiger partial charge in [0.05, 0.1) is 5.56 Å². The van der Waals surface area contributed by atoms with Gasteiger partial charge in [-0.25, -0.2) is 18.2 Å². The number of hydrogen-bond donors (Lipinski definition) is 0. The Balaban J connectivity index is 3.35. The zero-order valence-corrected chi connectivity index (χ0v) is 6.72. The molecule has 0 N–H and O–H groups in total. The molecule has 0 spiro atoms. The SMILES string of the molecule is Cc1cc(C(F)F)c(F)c(C=O)n1. The van der Waals surface area contributed by atoms with Gasteiger partial charge in [0.1, 0.15) is 5.69 Å². The summed E-state index contributed by atoms with van der Waals surface area (Å²) >= 11 is 0. The van der Waals surface area contributed by atoms with Gasteiger partial charge in [0.25, 0.3) is 6.43 Å². The third kappa shape index (κ3) is 1.85. The molecule has 13 heavy (non-hydrogen) atoms. The normalized spacial score (nSPS) is 10.5. The van der Waals surface area contributed by atoms with E-state index < -0.39 is 23.5 Å². The molecular weight excluding hydrogens is 183 g/mol. The van der Waals surface area contributed by atoms with Crippen molar-refractivity contribution in [2.24, 2.45) is 0 Å². The van der Waals surface area contributed by atoms with Crippen LogP contribution in [0.1, 0.15) is 28.2 Å². The van der Waals surface area contributed by atoms with E-state index in [0.717, 1.165) is 6.07 Å². The Morgan fingerprint density at radius 3 is 2.62 bits per heavy atom. The summed E-state index contributed by atoms with van der Waals surface area (Å²) in [7, 11) is 0. The van der Waals surface area contributed by atoms with E-state index in [1.165, 1.54) is 6.92 Å². The average molecular weight is 189 g/mol. The molecule has 0 aromatic carbocycles. The molecule has 1 rings (SSSR count). The summed E-state index contributed by atoms with van der Waals surface area (Å²) in [6.07, 6.45) is -2.81. The molecule has 0 saturated carbocycles. The topological polar surface area (TPSA) is 30.0 Å². The highest BCUT2D eigenvalue weighted by Gasteiger charge is 2.17. The van der Waals surface area contributed by atoms with Crippen molar-refractivity contribution < 1.29 is 18.0 Å². The van der Waals surface area contributed by atoms with Crippen molar-refractivity contribution in [2.75, 3.05) is 0 Å². The van der Waals surface area contributed by atoms with Gasteiger partial charge in [-0.3, -0.25) is 4.79 Å². The van der Waals surface area contributed by atoms with Crippen LogP contribution in [0.4, 0.5) is 13.2 Å². The lowest BCUT2D eigenvalue weighted by Crippen LogP contribution is -2.01. The predicted octanol–water partition coefficient (Wildman–Crippen LogP) is 2.28. The first kappa shape index (κ1) is 9.70. The molecule has 0 aliphatic heterocycles. The lowest BCUT2D eigenvalue weighted by Gasteiger charge is -2.04. The van der Waals surface area contributed by atoms with Gasteiger partial charge in [-0.15, -0.1) is 0 Å². The fourth-order valence-corrected chi connectivity index (χ4v) is 0.945. The van der Waals surface area contributed by atoms with Crippen LogP contribution in [-0.4, -0.2) is 11.3 Å². The molecule has 0 aliphatic rings. The molecule has 1 aromatic rings. The highest BCUT2D eigenvalue weighted by Crippen LogP contribution is 2.23. The number of aryl methyl sites for hydroxylation is 1. The lowest BCUT2D eigenvalue weighted by atomic mass is 10.2. The van der Waals surface area contributed by atoms with Crippen LogP contribution < -0.4 is 0 Å². The zero-order chi connectivity index (χ0) is 10.0. The van der Waals surface area contributed by atoms with Gasteiger partial charge < -0.3 is 0 Å². The van der Waals surface area contributed by atoms with Crippen molar-refractivity contribution in [1.29, 1.82) is 0 Å². The maximum Gasteiger partial charge on any atom is 0.266 e. The van der Waals surface area contributed by atoms with E-state index >= 15 is 0 Å². The van der Waals surface area contributed by atoms with E-state index in [1.54, 1.807) is 0 Å². The molecule has 0 fully saturated rings. The maximum absolute atomic E-state index is 12.9. The van der Waals surface area contributed by atoms with E-state index in [1.807, 2.05) is 0 Å². The Kier molecular flexibility index (Phi) is 2.65. The highest BCUT2D eigenvalue weighted by atomic mass is 19.3. The predicted molar refractivity (Wildman–Crippen MR) is 39.3 cm³/mol. The highest BCUT2D eigenvalue weighted by molar-refractivity contribution is 5.72. The zero-order valence-electron chi connectivity index (χ0n) is 6.72. The second-order valence-corrected chi connectivity index (χ2v) is 2.47. The number of aldehydes is 1. The van der Waals surface area contributed by atoms with Gasteiger partial charge in [0, 0.05) is 5.69 Å². The molecule has 2 nitrogen and oxygen atoms in total. The molecule has 0 bridgehead atoms. The molecule has 0 radical (unpaired) electrons. The summed E-state index contributed by atoms with van der Waals surface area (Å²) < 4.78 is 37.2. The number of pyridine rings is 1. The van der Waals surface area contributed by atoms with Crippen molar-refractivity contribution >= 4 is 6.29 Å². The van der Waals surface area contributed by atoms with Gasteiger partial charge in [-0.1, -0.05) is 0 Å². The summed E-state index contributed by atoms with van der Waals surface area (Å²) in [6.45, 7) is 1.42. The summed E-state index contributed by atoms with van der Waals surface area (Å²) in [4.78, 5) is 13.7. The van der Waals surface area contributed by atoms with Gasteiger partial charge in [-0.2, -0.15) is 0 Å². The molecule has 1 heterocycles. The van der Waals surface area contributed by atoms with Crippen LogP contribution in [0, 0.1) is 12.7 Å². The van der Waals surface area contributed by atoms with E-state index in [9.17, 15) is 18.0 Å². The van der Waals surface area contributed by atoms with Crippen LogP contribution in [-0.2, 0) is 0 Å². The Morgan fingerprint density at radius 2 is 2.15 bits per heavy atom. The van der Waals surface area contributed by atoms with Crippen LogP contribution in [0.5, 0.6) is 0 Å². The monoisotopic (exact) mass is 189 g/mol. The van der Waals surface area contributed by atoms with Crippen molar-refractivity contribution in [3.63, 3.8) is 0 Å². The van der Waals surface area contributed by atoms with Crippen LogP contribution in [0.2, 0.25) is 0 Å². The first-order chi connectivity index (χ1) is 6.06. The minimum absolute atomic E-state index is 0.119. The molecule has 0 amide bonds. The molecule has 70 valence electrons. The van der Waals surface area contributed by atoms with Crippen molar-refractivity contribution in [2.45, 2.75) is 13.3 Å². The quantitative estimate of drug-likeness (QED) is 0.668. The van der Waals surface area contributed by atoms with Crippen LogP contribution in [0.15, 0.2) is 6.07 Å². The molecule has 0 aliphatic carbocycles. The average Bonchev–Trinajstić information content (AvgIpc) is 2.08. The van der Waals surface area contributed by atoms with E-state index in [-0.39, 0.29) is 12.0 Å². The standard InChI is InChI=1S/C8H6F3NO/c1-4-2-5(8(10)11)7(9)6(3-13)12-4/h2-3,8H,1H3. The van der Waals surface area contributed by atoms with E-state index in [0.29, 0.717) is 0 Å². The first-order valence-electron chi connectivity index (χ1n) is 3.46. The Labute approximate surface area is 72.4 Å². The number of nitrogens with zero attached hydrogens (tertiary/aromatic N) is 1. The third-order valence-corrected chi connectivity index (χ3v) is 1.49. The van der Waals surface area contributed by atoms with Gasteiger partial charge in [0.2, 0.25) is 0 Å². The molecule has 5 heteroatoms. The number of halogens is 3. The fraction of sp³-hybridized carbons (Fsp3) is 0.250. The second-order valence-electron chi connectivity index (χ2n) is 2.47. The van der Waals surface area contributed by atoms with Gasteiger partial charge in [-0.05, 0) is 13.0 Å². The molecule has 0 atom stereocenters. The maximum atomic E-state index is 12.9. The third-order valence-electron chi connectivity index (χ3n) is 1.49. The van der Waals surface area contributed by atoms with Gasteiger partial charge in [0.15, 0.2) is 12.1 Å². The number of alkyl halides is 2. The number of carbonyl (C=O) groups is 1. The van der Waals surface area contributed by atoms with Crippen LogP contribution >= 0.6 is 0 Å². The van der Waals surface area contributed by atoms with Crippen LogP contribution in [0.25, 0.3) is 0 Å². The number of aromatic nitrogens is 1. The van der Waals surface area contributed by atoms with E-state index in [2.05, 4.69) is 4.98 Å². The smallest absolute Gasteiger partial charge is 0.266 e. The first-order valence-corrected chi connectivity index (χ1v) is 3.46. The molecule has 0 saturated heterocycles. The number of rotatable bonds is 2. The Morgan fingerprint density at radius 1 is 1.54 bits per heavy atom. The molecule has 0 unspecified atom stereocenters. The van der Waals surface area contributed by atoms with Crippen LogP contribution in [0.3, 0.4) is 0 Å². The Hall–Kier alpha value is -1.39. The minimum Gasteiger partial charge on any atom is -0.296 e. The number of hydrogen-bond acceptors (Lipinski definition) is 2. The van der Waals surface area contributed by atoms with Crippen molar-refractivity contribution in [3.05, 3.63) is 28.8 Å². The summed E-state index contributed by atoms with van der Waals surface area (Å²) in [5, 5.41) is 0. The fourth-order valence-electron chi connectivity index (χ4n) is 0.945. The lowest BCUT2D eigenvalue weighted by molar-refractivity contribution is 0.111. The van der Waals surface area contributed by atoms with Gasteiger partial charge >= 0.3 is 0 Å². The molecular formula is C8H6F3NO. The van der Waals surface area contributed by atoms with E-state index in [4.69, 9.17) is 0 Å². The second kappa shape index (κ2) is 3.55. The number of carbonyl (C=O) groups excluding carboxylic acids is 1. The minimum atomic E-state index is -2.93. The summed E-state index contributed by atoms with van der Waals surface area (Å²) in [6, 6.07) is 0.924. The van der Waals surface area contributed by atoms with Crippen molar-refractivity contribution in [1.82, 2.24) is 4.98 Å². The van der Waals surface area contributed by atoms with Crippen molar-refractivity contribution in [3.8, 4) is 0 Å². The summed E-state index contributed by atoms with van der Waals surface area (Å²) in [5.41, 5.74) is -1.16.